The molecule has 0 atom stereocenters. The smallest absolute Gasteiger partial charge is 0.265 e. The molecule has 1 aromatic carbocycles. The predicted molar refractivity (Wildman–Crippen MR) is 102 cm³/mol. The summed E-state index contributed by atoms with van der Waals surface area (Å²) in [7, 11) is 0. The van der Waals surface area contributed by atoms with Crippen molar-refractivity contribution in [1.82, 2.24) is 15.3 Å². The van der Waals surface area contributed by atoms with Gasteiger partial charge in [-0.2, -0.15) is 0 Å². The SMILES string of the molecule is Cc1ccc2[nH]c(CCCNC(=O)c3scc4c3OCCO4)nc2c1C. The van der Waals surface area contributed by atoms with E-state index in [0.29, 0.717) is 36.1 Å². The van der Waals surface area contributed by atoms with Gasteiger partial charge in [-0.3, -0.25) is 4.79 Å². The number of benzene rings is 1. The monoisotopic (exact) mass is 371 g/mol. The molecule has 4 rings (SSSR count). The van der Waals surface area contributed by atoms with Gasteiger partial charge >= 0.3 is 0 Å². The third kappa shape index (κ3) is 3.14. The van der Waals surface area contributed by atoms with E-state index in [0.717, 1.165) is 29.7 Å². The Morgan fingerprint density at radius 3 is 3.04 bits per heavy atom. The Hall–Kier alpha value is -2.54. The maximum absolute atomic E-state index is 12.4. The Balaban J connectivity index is 1.33. The fraction of sp³-hybridized carbons (Fsp3) is 0.368. The number of hydrogen-bond acceptors (Lipinski definition) is 5. The van der Waals surface area contributed by atoms with Gasteiger partial charge in [-0.15, -0.1) is 11.3 Å². The van der Waals surface area contributed by atoms with Gasteiger partial charge in [0.15, 0.2) is 11.5 Å². The Morgan fingerprint density at radius 2 is 2.15 bits per heavy atom. The molecule has 2 aromatic heterocycles. The van der Waals surface area contributed by atoms with Crippen LogP contribution >= 0.6 is 11.3 Å². The van der Waals surface area contributed by atoms with Gasteiger partial charge in [0.1, 0.15) is 23.9 Å². The molecule has 3 aromatic rings. The molecule has 1 amide bonds. The molecule has 0 aliphatic carbocycles. The first-order valence-electron chi connectivity index (χ1n) is 8.73. The van der Waals surface area contributed by atoms with Crippen LogP contribution in [0.2, 0.25) is 0 Å². The molecule has 1 aliphatic rings. The van der Waals surface area contributed by atoms with Crippen LogP contribution in [-0.4, -0.2) is 35.6 Å². The molecule has 2 N–H and O–H groups in total. The average molecular weight is 371 g/mol. The fourth-order valence-corrected chi connectivity index (χ4v) is 3.89. The van der Waals surface area contributed by atoms with Crippen molar-refractivity contribution >= 4 is 28.3 Å². The topological polar surface area (TPSA) is 76.2 Å². The maximum atomic E-state index is 12.4. The van der Waals surface area contributed by atoms with E-state index in [1.165, 1.54) is 22.5 Å². The minimum absolute atomic E-state index is 0.113. The first-order chi connectivity index (χ1) is 12.6. The molecule has 7 heteroatoms. The van der Waals surface area contributed by atoms with Crippen LogP contribution < -0.4 is 14.8 Å². The molecule has 0 saturated carbocycles. The third-order valence-electron chi connectivity index (χ3n) is 4.61. The number of nitrogens with zero attached hydrogens (tertiary/aromatic N) is 1. The summed E-state index contributed by atoms with van der Waals surface area (Å²) in [4.78, 5) is 21.0. The lowest BCUT2D eigenvalue weighted by molar-refractivity contribution is 0.0948. The third-order valence-corrected chi connectivity index (χ3v) is 5.55. The van der Waals surface area contributed by atoms with Crippen LogP contribution in [0.1, 0.15) is 33.0 Å². The van der Waals surface area contributed by atoms with Crippen molar-refractivity contribution in [3.8, 4) is 11.5 Å². The van der Waals surface area contributed by atoms with Crippen LogP contribution in [-0.2, 0) is 6.42 Å². The van der Waals surface area contributed by atoms with Gasteiger partial charge in [0, 0.05) is 18.3 Å². The Kier molecular flexibility index (Phi) is 4.55. The highest BCUT2D eigenvalue weighted by Gasteiger charge is 2.23. The largest absolute Gasteiger partial charge is 0.485 e. The molecule has 0 fully saturated rings. The Labute approximate surface area is 155 Å². The number of aryl methyl sites for hydroxylation is 3. The summed E-state index contributed by atoms with van der Waals surface area (Å²) in [6, 6.07) is 4.17. The number of aromatic nitrogens is 2. The number of carbonyl (C=O) groups excluding carboxylic acids is 1. The van der Waals surface area contributed by atoms with Gasteiger partial charge < -0.3 is 19.8 Å². The Bertz CT molecular complexity index is 960. The summed E-state index contributed by atoms with van der Waals surface area (Å²) in [5.74, 6) is 2.08. The molecule has 1 aliphatic heterocycles. The van der Waals surface area contributed by atoms with Crippen molar-refractivity contribution in [2.24, 2.45) is 0 Å². The standard InChI is InChI=1S/C19H21N3O3S/c1-11-5-6-13-16(12(11)2)22-15(21-13)4-3-7-20-19(23)18-17-14(10-26-18)24-8-9-25-17/h5-6,10H,3-4,7-9H2,1-2H3,(H,20,23)(H,21,22). The molecule has 6 nitrogen and oxygen atoms in total. The number of hydrogen-bond donors (Lipinski definition) is 2. The highest BCUT2D eigenvalue weighted by atomic mass is 32.1. The number of nitrogens with one attached hydrogen (secondary N) is 2. The second-order valence-corrected chi connectivity index (χ2v) is 7.28. The van der Waals surface area contributed by atoms with Gasteiger partial charge in [-0.25, -0.2) is 4.98 Å². The zero-order chi connectivity index (χ0) is 18.1. The number of carbonyl (C=O) groups is 1. The van der Waals surface area contributed by atoms with Crippen LogP contribution in [0.25, 0.3) is 11.0 Å². The van der Waals surface area contributed by atoms with Crippen molar-refractivity contribution in [3.05, 3.63) is 39.3 Å². The van der Waals surface area contributed by atoms with Crippen LogP contribution in [0.5, 0.6) is 11.5 Å². The quantitative estimate of drug-likeness (QED) is 0.674. The summed E-state index contributed by atoms with van der Waals surface area (Å²) >= 11 is 1.35. The van der Waals surface area contributed by atoms with Crippen molar-refractivity contribution in [2.45, 2.75) is 26.7 Å². The minimum Gasteiger partial charge on any atom is -0.485 e. The van der Waals surface area contributed by atoms with E-state index in [1.54, 1.807) is 0 Å². The average Bonchev–Trinajstić information content (AvgIpc) is 3.26. The lowest BCUT2D eigenvalue weighted by Crippen LogP contribution is -2.25. The number of amides is 1. The van der Waals surface area contributed by atoms with Gasteiger partial charge in [0.25, 0.3) is 5.91 Å². The van der Waals surface area contributed by atoms with E-state index in [-0.39, 0.29) is 5.91 Å². The molecule has 0 spiro atoms. The van der Waals surface area contributed by atoms with Gasteiger partial charge in [-0.05, 0) is 37.5 Å². The van der Waals surface area contributed by atoms with Gasteiger partial charge in [0.05, 0.1) is 11.0 Å². The number of imidazole rings is 1. The highest BCUT2D eigenvalue weighted by molar-refractivity contribution is 7.12. The number of aromatic amines is 1. The number of thiophene rings is 1. The molecule has 0 bridgehead atoms. The van der Waals surface area contributed by atoms with E-state index in [1.807, 2.05) is 5.38 Å². The van der Waals surface area contributed by atoms with Crippen LogP contribution in [0, 0.1) is 13.8 Å². The first-order valence-corrected chi connectivity index (χ1v) is 9.61. The number of ether oxygens (including phenoxy) is 2. The zero-order valence-corrected chi connectivity index (χ0v) is 15.7. The molecular formula is C19H21N3O3S. The molecule has 136 valence electrons. The van der Waals surface area contributed by atoms with Crippen molar-refractivity contribution in [2.75, 3.05) is 19.8 Å². The van der Waals surface area contributed by atoms with E-state index in [2.05, 4.69) is 36.3 Å². The van der Waals surface area contributed by atoms with Crippen LogP contribution in [0.4, 0.5) is 0 Å². The number of H-pyrrole nitrogens is 1. The molecule has 3 heterocycles. The molecule has 0 saturated heterocycles. The van der Waals surface area contributed by atoms with Gasteiger partial charge in [-0.1, -0.05) is 6.07 Å². The maximum Gasteiger partial charge on any atom is 0.265 e. The van der Waals surface area contributed by atoms with Crippen molar-refractivity contribution < 1.29 is 14.3 Å². The summed E-state index contributed by atoms with van der Waals surface area (Å²) in [5, 5.41) is 4.78. The van der Waals surface area contributed by atoms with E-state index in [9.17, 15) is 4.79 Å². The van der Waals surface area contributed by atoms with Crippen LogP contribution in [0.3, 0.4) is 0 Å². The summed E-state index contributed by atoms with van der Waals surface area (Å²) in [6.45, 7) is 5.78. The Morgan fingerprint density at radius 1 is 1.31 bits per heavy atom. The summed E-state index contributed by atoms with van der Waals surface area (Å²) in [5.41, 5.74) is 4.55. The first kappa shape index (κ1) is 16.9. The van der Waals surface area contributed by atoms with Crippen molar-refractivity contribution in [1.29, 1.82) is 0 Å². The molecule has 26 heavy (non-hydrogen) atoms. The minimum atomic E-state index is -0.113. The number of rotatable bonds is 5. The molecule has 0 unspecified atom stereocenters. The predicted octanol–water partition coefficient (Wildman–Crippen LogP) is 3.38. The number of fused-ring (bicyclic) bond motifs is 2. The summed E-state index contributed by atoms with van der Waals surface area (Å²) < 4.78 is 11.0. The lowest BCUT2D eigenvalue weighted by atomic mass is 10.1. The second-order valence-electron chi connectivity index (χ2n) is 6.40. The normalized spacial score (nSPS) is 13.2. The van der Waals surface area contributed by atoms with Crippen LogP contribution in [0.15, 0.2) is 17.5 Å². The molecule has 0 radical (unpaired) electrons. The van der Waals surface area contributed by atoms with Gasteiger partial charge in [0.2, 0.25) is 0 Å². The molecular weight excluding hydrogens is 350 g/mol. The highest BCUT2D eigenvalue weighted by Crippen LogP contribution is 2.39. The van der Waals surface area contributed by atoms with Crippen molar-refractivity contribution in [3.63, 3.8) is 0 Å². The van der Waals surface area contributed by atoms with E-state index < -0.39 is 0 Å². The summed E-state index contributed by atoms with van der Waals surface area (Å²) in [6.07, 6.45) is 1.60. The zero-order valence-electron chi connectivity index (χ0n) is 14.8. The van der Waals surface area contributed by atoms with E-state index in [4.69, 9.17) is 14.5 Å². The second kappa shape index (κ2) is 6.99. The van der Waals surface area contributed by atoms with E-state index >= 15 is 0 Å². The fourth-order valence-electron chi connectivity index (χ4n) is 3.04. The lowest BCUT2D eigenvalue weighted by Gasteiger charge is -2.15.